The van der Waals surface area contributed by atoms with Crippen LogP contribution in [0.5, 0.6) is 0 Å². The Morgan fingerprint density at radius 1 is 1.48 bits per heavy atom. The number of carbonyl (C=O) groups excluding carboxylic acids is 1. The van der Waals surface area contributed by atoms with Crippen LogP contribution in [0.1, 0.15) is 23.6 Å². The minimum Gasteiger partial charge on any atom is -0.352 e. The molecule has 3 rings (SSSR count). The van der Waals surface area contributed by atoms with Crippen molar-refractivity contribution in [3.63, 3.8) is 0 Å². The zero-order valence-corrected chi connectivity index (χ0v) is 11.5. The van der Waals surface area contributed by atoms with Crippen LogP contribution in [-0.4, -0.2) is 15.5 Å². The molecule has 6 heteroatoms. The van der Waals surface area contributed by atoms with Gasteiger partial charge in [-0.1, -0.05) is 0 Å². The van der Waals surface area contributed by atoms with Crippen molar-refractivity contribution < 1.29 is 13.6 Å². The fraction of sp³-hybridized carbons (Fsp3) is 0.333. The van der Waals surface area contributed by atoms with Crippen molar-refractivity contribution in [2.45, 2.75) is 18.9 Å². The smallest absolute Gasteiger partial charge is 0.224 e. The molecule has 2 atom stereocenters. The average Bonchev–Trinajstić information content (AvgIpc) is 3.14. The third kappa shape index (κ3) is 2.79. The molecule has 0 aliphatic heterocycles. The molecule has 0 saturated heterocycles. The van der Waals surface area contributed by atoms with E-state index in [1.807, 2.05) is 11.6 Å². The summed E-state index contributed by atoms with van der Waals surface area (Å²) in [7, 11) is 1.89. The van der Waals surface area contributed by atoms with Gasteiger partial charge < -0.3 is 9.88 Å². The Bertz CT molecular complexity index is 683. The number of aryl methyl sites for hydroxylation is 1. The Morgan fingerprint density at radius 3 is 3.00 bits per heavy atom. The van der Waals surface area contributed by atoms with E-state index in [9.17, 15) is 13.6 Å². The van der Waals surface area contributed by atoms with Gasteiger partial charge in [0.2, 0.25) is 5.91 Å². The molecule has 1 aromatic carbocycles. The molecule has 1 fully saturated rings. The van der Waals surface area contributed by atoms with Crippen LogP contribution in [-0.2, 0) is 18.4 Å². The van der Waals surface area contributed by atoms with Gasteiger partial charge in [0.15, 0.2) is 0 Å². The van der Waals surface area contributed by atoms with Crippen molar-refractivity contribution in [2.75, 3.05) is 0 Å². The number of hydrogen-bond acceptors (Lipinski definition) is 2. The number of carbonyl (C=O) groups is 1. The summed E-state index contributed by atoms with van der Waals surface area (Å²) >= 11 is 0. The summed E-state index contributed by atoms with van der Waals surface area (Å²) in [6.07, 6.45) is 4.21. The zero-order valence-electron chi connectivity index (χ0n) is 11.5. The fourth-order valence-corrected chi connectivity index (χ4v) is 2.53. The number of amides is 1. The Labute approximate surface area is 120 Å². The number of nitrogens with one attached hydrogen (secondary N) is 1. The fourth-order valence-electron chi connectivity index (χ4n) is 2.53. The first kappa shape index (κ1) is 13.7. The van der Waals surface area contributed by atoms with E-state index in [-0.39, 0.29) is 29.9 Å². The van der Waals surface area contributed by atoms with Gasteiger partial charge in [0.05, 0.1) is 6.33 Å². The van der Waals surface area contributed by atoms with Crippen LogP contribution in [0.3, 0.4) is 0 Å². The van der Waals surface area contributed by atoms with E-state index in [4.69, 9.17) is 0 Å². The molecule has 0 unspecified atom stereocenters. The van der Waals surface area contributed by atoms with Crippen molar-refractivity contribution in [3.8, 4) is 0 Å². The van der Waals surface area contributed by atoms with Crippen LogP contribution in [0.15, 0.2) is 30.7 Å². The average molecular weight is 291 g/mol. The monoisotopic (exact) mass is 291 g/mol. The lowest BCUT2D eigenvalue weighted by atomic mass is 10.2. The molecule has 110 valence electrons. The first-order valence-corrected chi connectivity index (χ1v) is 6.74. The van der Waals surface area contributed by atoms with E-state index in [2.05, 4.69) is 10.3 Å². The maximum Gasteiger partial charge on any atom is 0.224 e. The van der Waals surface area contributed by atoms with Crippen LogP contribution >= 0.6 is 0 Å². The van der Waals surface area contributed by atoms with Gasteiger partial charge in [-0.25, -0.2) is 13.8 Å². The Kier molecular flexibility index (Phi) is 3.45. The third-order valence-electron chi connectivity index (χ3n) is 3.82. The van der Waals surface area contributed by atoms with Gasteiger partial charge in [-0.3, -0.25) is 4.79 Å². The first-order chi connectivity index (χ1) is 10.1. The number of benzene rings is 1. The molecule has 0 bridgehead atoms. The van der Waals surface area contributed by atoms with Crippen molar-refractivity contribution in [3.05, 3.63) is 53.6 Å². The highest BCUT2D eigenvalue weighted by molar-refractivity contribution is 5.82. The molecule has 1 amide bonds. The number of rotatable bonds is 4. The van der Waals surface area contributed by atoms with Crippen LogP contribution in [0.4, 0.5) is 8.78 Å². The lowest BCUT2D eigenvalue weighted by Crippen LogP contribution is -2.25. The lowest BCUT2D eigenvalue weighted by molar-refractivity contribution is -0.122. The molecular weight excluding hydrogens is 276 g/mol. The van der Waals surface area contributed by atoms with E-state index in [1.165, 1.54) is 0 Å². The van der Waals surface area contributed by atoms with E-state index in [0.717, 1.165) is 30.3 Å². The van der Waals surface area contributed by atoms with Gasteiger partial charge in [0.1, 0.15) is 11.6 Å². The molecule has 0 radical (unpaired) electrons. The van der Waals surface area contributed by atoms with Crippen molar-refractivity contribution in [1.82, 2.24) is 14.9 Å². The third-order valence-corrected chi connectivity index (χ3v) is 3.82. The highest BCUT2D eigenvalue weighted by Gasteiger charge is 2.45. The largest absolute Gasteiger partial charge is 0.352 e. The summed E-state index contributed by atoms with van der Waals surface area (Å²) in [6, 6.07) is 3.22. The summed E-state index contributed by atoms with van der Waals surface area (Å²) < 4.78 is 28.4. The van der Waals surface area contributed by atoms with Gasteiger partial charge in [0.25, 0.3) is 0 Å². The summed E-state index contributed by atoms with van der Waals surface area (Å²) in [6.45, 7) is -0.00294. The molecule has 1 aromatic heterocycles. The number of imidazole rings is 1. The lowest BCUT2D eigenvalue weighted by Gasteiger charge is -2.06. The molecule has 4 nitrogen and oxygen atoms in total. The normalized spacial score (nSPS) is 20.3. The van der Waals surface area contributed by atoms with Crippen LogP contribution in [0, 0.1) is 17.6 Å². The molecular formula is C15H15F2N3O. The van der Waals surface area contributed by atoms with E-state index in [0.29, 0.717) is 0 Å². The summed E-state index contributed by atoms with van der Waals surface area (Å²) in [5.74, 6) is -1.12. The number of hydrogen-bond donors (Lipinski definition) is 1. The Morgan fingerprint density at radius 2 is 2.29 bits per heavy atom. The van der Waals surface area contributed by atoms with Gasteiger partial charge in [-0.2, -0.15) is 0 Å². The molecule has 21 heavy (non-hydrogen) atoms. The van der Waals surface area contributed by atoms with E-state index in [1.54, 1.807) is 12.5 Å². The number of halogens is 2. The quantitative estimate of drug-likeness (QED) is 0.938. The van der Waals surface area contributed by atoms with Gasteiger partial charge >= 0.3 is 0 Å². The second kappa shape index (κ2) is 5.27. The highest BCUT2D eigenvalue weighted by Crippen LogP contribution is 2.47. The maximum atomic E-state index is 13.5. The number of nitrogens with zero attached hydrogens (tertiary/aromatic N) is 2. The van der Waals surface area contributed by atoms with Crippen LogP contribution < -0.4 is 5.32 Å². The molecule has 1 aliphatic rings. The van der Waals surface area contributed by atoms with Crippen LogP contribution in [0.25, 0.3) is 0 Å². The molecule has 1 N–H and O–H groups in total. The van der Waals surface area contributed by atoms with E-state index < -0.39 is 11.6 Å². The maximum absolute atomic E-state index is 13.5. The highest BCUT2D eigenvalue weighted by atomic mass is 19.1. The summed E-state index contributed by atoms with van der Waals surface area (Å²) in [5.41, 5.74) is 1.17. The van der Waals surface area contributed by atoms with Gasteiger partial charge in [0, 0.05) is 42.9 Å². The molecule has 1 saturated carbocycles. The second-order valence-electron chi connectivity index (χ2n) is 5.33. The Balaban J connectivity index is 1.59. The predicted octanol–water partition coefficient (Wildman–Crippen LogP) is 2.12. The molecule has 2 aromatic rings. The zero-order chi connectivity index (χ0) is 15.0. The SMILES string of the molecule is Cn1cncc1[C@@H]1C[C@H]1C(=O)NCc1cc(F)ccc1F. The first-order valence-electron chi connectivity index (χ1n) is 6.74. The topological polar surface area (TPSA) is 46.9 Å². The molecule has 1 heterocycles. The summed E-state index contributed by atoms with van der Waals surface area (Å²) in [4.78, 5) is 16.1. The minimum atomic E-state index is -0.518. The molecule has 0 spiro atoms. The predicted molar refractivity (Wildman–Crippen MR) is 72.3 cm³/mol. The standard InChI is InChI=1S/C15H15F2N3O/c1-20-8-18-7-14(20)11-5-12(11)15(21)19-6-9-4-10(16)2-3-13(9)17/h2-4,7-8,11-12H,5-6H2,1H3,(H,19,21)/t11-,12-/m1/s1. The van der Waals surface area contributed by atoms with E-state index >= 15 is 0 Å². The second-order valence-corrected chi connectivity index (χ2v) is 5.33. The van der Waals surface area contributed by atoms with Crippen molar-refractivity contribution >= 4 is 5.91 Å². The summed E-state index contributed by atoms with van der Waals surface area (Å²) in [5, 5.41) is 2.67. The number of aromatic nitrogens is 2. The van der Waals surface area contributed by atoms with Gasteiger partial charge in [-0.15, -0.1) is 0 Å². The molecule has 1 aliphatic carbocycles. The minimum absolute atomic E-state index is 0.00294. The van der Waals surface area contributed by atoms with Gasteiger partial charge in [-0.05, 0) is 24.6 Å². The van der Waals surface area contributed by atoms with Crippen molar-refractivity contribution in [2.24, 2.45) is 13.0 Å². The van der Waals surface area contributed by atoms with Crippen LogP contribution in [0.2, 0.25) is 0 Å². The Hall–Kier alpha value is -2.24. The van der Waals surface area contributed by atoms with Crippen molar-refractivity contribution in [1.29, 1.82) is 0 Å².